The summed E-state index contributed by atoms with van der Waals surface area (Å²) in [7, 11) is 0. The minimum absolute atomic E-state index is 0.156. The van der Waals surface area contributed by atoms with E-state index < -0.39 is 0 Å². The molecule has 2 heterocycles. The third-order valence-corrected chi connectivity index (χ3v) is 4.43. The zero-order chi connectivity index (χ0) is 17.5. The summed E-state index contributed by atoms with van der Waals surface area (Å²) < 4.78 is 5.34. The van der Waals surface area contributed by atoms with Crippen LogP contribution < -0.4 is 10.1 Å². The fourth-order valence-corrected chi connectivity index (χ4v) is 3.14. The molecule has 0 aromatic carbocycles. The largest absolute Gasteiger partial charge is 0.492 e. The van der Waals surface area contributed by atoms with Gasteiger partial charge in [-0.3, -0.25) is 9.78 Å². The number of nitrogens with zero attached hydrogens (tertiary/aromatic N) is 3. The Labute approximate surface area is 148 Å². The Kier molecular flexibility index (Phi) is 5.93. The molecule has 1 saturated carbocycles. The van der Waals surface area contributed by atoms with Gasteiger partial charge in [0.2, 0.25) is 5.91 Å². The second-order valence-electron chi connectivity index (χ2n) is 6.32. The molecule has 0 saturated heterocycles. The number of rotatable bonds is 6. The Morgan fingerprint density at radius 1 is 1.16 bits per heavy atom. The van der Waals surface area contributed by atoms with Crippen molar-refractivity contribution in [3.05, 3.63) is 41.9 Å². The number of hydrogen-bond acceptors (Lipinski definition) is 5. The van der Waals surface area contributed by atoms with Gasteiger partial charge >= 0.3 is 0 Å². The lowest BCUT2D eigenvalue weighted by molar-refractivity contribution is -0.115. The van der Waals surface area contributed by atoms with Gasteiger partial charge in [0.25, 0.3) is 0 Å². The molecule has 0 unspecified atom stereocenters. The summed E-state index contributed by atoms with van der Waals surface area (Å²) in [6, 6.07) is 7.43. The molecule has 0 spiro atoms. The van der Waals surface area contributed by atoms with Crippen molar-refractivity contribution >= 4 is 11.7 Å². The molecule has 3 rings (SSSR count). The molecular weight excluding hydrogens is 316 g/mol. The number of ether oxygens (including phenoxy) is 1. The highest BCUT2D eigenvalue weighted by Gasteiger charge is 2.17. The highest BCUT2D eigenvalue weighted by Crippen LogP contribution is 2.31. The molecule has 0 bridgehead atoms. The van der Waals surface area contributed by atoms with E-state index in [4.69, 9.17) is 4.74 Å². The van der Waals surface area contributed by atoms with Gasteiger partial charge in [-0.2, -0.15) is 5.10 Å². The number of nitrogens with one attached hydrogen (secondary N) is 1. The smallest absolute Gasteiger partial charge is 0.231 e. The number of pyridine rings is 1. The topological polar surface area (TPSA) is 77.0 Å². The van der Waals surface area contributed by atoms with Crippen LogP contribution in [0.1, 0.15) is 56.3 Å². The van der Waals surface area contributed by atoms with Crippen molar-refractivity contribution in [3.8, 4) is 5.75 Å². The SMILES string of the molecule is CCOc1ccc(CC(=O)Nc2ccc(C3CCCCC3)nn2)nc1. The first-order chi connectivity index (χ1) is 12.2. The maximum atomic E-state index is 12.1. The zero-order valence-electron chi connectivity index (χ0n) is 14.6. The predicted molar refractivity (Wildman–Crippen MR) is 95.6 cm³/mol. The summed E-state index contributed by atoms with van der Waals surface area (Å²) >= 11 is 0. The fraction of sp³-hybridized carbons (Fsp3) is 0.474. The van der Waals surface area contributed by atoms with Gasteiger partial charge < -0.3 is 10.1 Å². The molecule has 0 atom stereocenters. The highest BCUT2D eigenvalue weighted by molar-refractivity contribution is 5.91. The monoisotopic (exact) mass is 340 g/mol. The van der Waals surface area contributed by atoms with Crippen LogP contribution in [0, 0.1) is 0 Å². The average Bonchev–Trinajstić information content (AvgIpc) is 2.65. The molecule has 2 aromatic rings. The molecule has 132 valence electrons. The first kappa shape index (κ1) is 17.3. The van der Waals surface area contributed by atoms with Gasteiger partial charge in [0.05, 0.1) is 24.9 Å². The quantitative estimate of drug-likeness (QED) is 0.871. The van der Waals surface area contributed by atoms with E-state index in [-0.39, 0.29) is 12.3 Å². The Morgan fingerprint density at radius 3 is 2.64 bits per heavy atom. The minimum atomic E-state index is -0.156. The Hall–Kier alpha value is -2.50. The molecule has 25 heavy (non-hydrogen) atoms. The third kappa shape index (κ3) is 4.98. The van der Waals surface area contributed by atoms with Crippen molar-refractivity contribution < 1.29 is 9.53 Å². The normalized spacial score (nSPS) is 14.9. The van der Waals surface area contributed by atoms with Crippen LogP contribution in [0.3, 0.4) is 0 Å². The van der Waals surface area contributed by atoms with Crippen LogP contribution >= 0.6 is 0 Å². The fourth-order valence-electron chi connectivity index (χ4n) is 3.14. The second kappa shape index (κ2) is 8.55. The van der Waals surface area contributed by atoms with Gasteiger partial charge in [0.1, 0.15) is 5.75 Å². The van der Waals surface area contributed by atoms with Crippen LogP contribution in [0.2, 0.25) is 0 Å². The Balaban J connectivity index is 1.53. The summed E-state index contributed by atoms with van der Waals surface area (Å²) in [4.78, 5) is 16.4. The number of amides is 1. The van der Waals surface area contributed by atoms with E-state index in [9.17, 15) is 4.79 Å². The van der Waals surface area contributed by atoms with Gasteiger partial charge in [0.15, 0.2) is 5.82 Å². The van der Waals surface area contributed by atoms with E-state index in [0.29, 0.717) is 29.8 Å². The van der Waals surface area contributed by atoms with Gasteiger partial charge in [0, 0.05) is 11.6 Å². The third-order valence-electron chi connectivity index (χ3n) is 4.43. The van der Waals surface area contributed by atoms with Crippen molar-refractivity contribution in [1.29, 1.82) is 0 Å². The lowest BCUT2D eigenvalue weighted by Gasteiger charge is -2.20. The molecule has 2 aromatic heterocycles. The first-order valence-electron chi connectivity index (χ1n) is 8.96. The molecule has 0 radical (unpaired) electrons. The van der Waals surface area contributed by atoms with Crippen molar-refractivity contribution in [2.45, 2.75) is 51.4 Å². The minimum Gasteiger partial charge on any atom is -0.492 e. The standard InChI is InChI=1S/C19H24N4O2/c1-2-25-16-9-8-15(20-13-16)12-19(24)21-18-11-10-17(22-23-18)14-6-4-3-5-7-14/h8-11,13-14H,2-7,12H2,1H3,(H,21,23,24). The van der Waals surface area contributed by atoms with Gasteiger partial charge in [-0.05, 0) is 44.0 Å². The lowest BCUT2D eigenvalue weighted by Crippen LogP contribution is -2.17. The molecule has 1 fully saturated rings. The van der Waals surface area contributed by atoms with Crippen LogP contribution in [0.4, 0.5) is 5.82 Å². The van der Waals surface area contributed by atoms with Gasteiger partial charge in [-0.1, -0.05) is 19.3 Å². The molecule has 1 aliphatic carbocycles. The van der Waals surface area contributed by atoms with Crippen LogP contribution in [-0.4, -0.2) is 27.7 Å². The highest BCUT2D eigenvalue weighted by atomic mass is 16.5. The van der Waals surface area contributed by atoms with Gasteiger partial charge in [-0.15, -0.1) is 5.10 Å². The molecule has 0 aliphatic heterocycles. The van der Waals surface area contributed by atoms with E-state index in [1.54, 1.807) is 12.3 Å². The maximum Gasteiger partial charge on any atom is 0.231 e. The molecule has 1 N–H and O–H groups in total. The molecule has 1 amide bonds. The summed E-state index contributed by atoms with van der Waals surface area (Å²) in [5, 5.41) is 11.2. The van der Waals surface area contributed by atoms with E-state index in [2.05, 4.69) is 20.5 Å². The average molecular weight is 340 g/mol. The lowest BCUT2D eigenvalue weighted by atomic mass is 9.87. The van der Waals surface area contributed by atoms with Crippen LogP contribution in [0.25, 0.3) is 0 Å². The predicted octanol–water partition coefficient (Wildman–Crippen LogP) is 3.50. The second-order valence-corrected chi connectivity index (χ2v) is 6.32. The van der Waals surface area contributed by atoms with Crippen LogP contribution in [0.15, 0.2) is 30.5 Å². The van der Waals surface area contributed by atoms with Gasteiger partial charge in [-0.25, -0.2) is 0 Å². The van der Waals surface area contributed by atoms with Crippen molar-refractivity contribution in [3.63, 3.8) is 0 Å². The van der Waals surface area contributed by atoms with E-state index in [0.717, 1.165) is 5.69 Å². The number of carbonyl (C=O) groups is 1. The Bertz CT molecular complexity index is 680. The number of hydrogen-bond donors (Lipinski definition) is 1. The number of anilines is 1. The molecular formula is C19H24N4O2. The maximum absolute atomic E-state index is 12.1. The molecule has 6 nitrogen and oxygen atoms in total. The van der Waals surface area contributed by atoms with E-state index in [1.807, 2.05) is 25.1 Å². The first-order valence-corrected chi connectivity index (χ1v) is 8.96. The van der Waals surface area contributed by atoms with Crippen molar-refractivity contribution in [2.75, 3.05) is 11.9 Å². The Morgan fingerprint density at radius 2 is 2.00 bits per heavy atom. The number of aromatic nitrogens is 3. The van der Waals surface area contributed by atoms with Crippen LogP contribution in [0.5, 0.6) is 5.75 Å². The summed E-state index contributed by atoms with van der Waals surface area (Å²) in [5.41, 5.74) is 1.72. The van der Waals surface area contributed by atoms with E-state index >= 15 is 0 Å². The summed E-state index contributed by atoms with van der Waals surface area (Å²) in [6.45, 7) is 2.51. The number of carbonyl (C=O) groups excluding carboxylic acids is 1. The van der Waals surface area contributed by atoms with Crippen molar-refractivity contribution in [1.82, 2.24) is 15.2 Å². The molecule has 6 heteroatoms. The van der Waals surface area contributed by atoms with Crippen molar-refractivity contribution in [2.24, 2.45) is 0 Å². The summed E-state index contributed by atoms with van der Waals surface area (Å²) in [5.74, 6) is 1.54. The molecule has 1 aliphatic rings. The zero-order valence-corrected chi connectivity index (χ0v) is 14.6. The summed E-state index contributed by atoms with van der Waals surface area (Å²) in [6.07, 6.45) is 8.04. The van der Waals surface area contributed by atoms with E-state index in [1.165, 1.54) is 32.1 Å². The van der Waals surface area contributed by atoms with Crippen LogP contribution in [-0.2, 0) is 11.2 Å².